The van der Waals surface area contributed by atoms with Crippen molar-refractivity contribution in [1.29, 1.82) is 5.26 Å². The monoisotopic (exact) mass is 174 g/mol. The lowest BCUT2D eigenvalue weighted by atomic mass is 10.2. The van der Waals surface area contributed by atoms with Gasteiger partial charge in [0.15, 0.2) is 0 Å². The number of halogens is 2. The molecule has 0 aliphatic carbocycles. The molecule has 1 aliphatic rings. The second-order valence-corrected chi connectivity index (χ2v) is 3.47. The van der Waals surface area contributed by atoms with Crippen LogP contribution >= 0.6 is 0 Å². The van der Waals surface area contributed by atoms with Crippen molar-refractivity contribution < 1.29 is 8.78 Å². The zero-order chi connectivity index (χ0) is 9.35. The van der Waals surface area contributed by atoms with E-state index in [1.165, 1.54) is 0 Å². The Morgan fingerprint density at radius 2 is 2.17 bits per heavy atom. The van der Waals surface area contributed by atoms with Crippen molar-refractivity contribution in [3.63, 3.8) is 0 Å². The lowest BCUT2D eigenvalue weighted by Gasteiger charge is -2.22. The topological polar surface area (TPSA) is 27.0 Å². The van der Waals surface area contributed by atoms with Gasteiger partial charge in [-0.05, 0) is 13.8 Å². The molecule has 0 radical (unpaired) electrons. The molecule has 0 aromatic carbocycles. The van der Waals surface area contributed by atoms with E-state index < -0.39 is 12.0 Å². The van der Waals surface area contributed by atoms with Crippen LogP contribution < -0.4 is 0 Å². The van der Waals surface area contributed by atoms with Gasteiger partial charge in [-0.1, -0.05) is 0 Å². The van der Waals surface area contributed by atoms with Gasteiger partial charge in [0, 0.05) is 12.5 Å². The molecule has 0 amide bonds. The van der Waals surface area contributed by atoms with Crippen LogP contribution in [0.25, 0.3) is 0 Å². The van der Waals surface area contributed by atoms with E-state index in [0.29, 0.717) is 0 Å². The smallest absolute Gasteiger partial charge is 0.263 e. The Morgan fingerprint density at radius 1 is 1.58 bits per heavy atom. The third kappa shape index (κ3) is 1.72. The molecular weight excluding hydrogens is 162 g/mol. The van der Waals surface area contributed by atoms with Crippen LogP contribution in [0.5, 0.6) is 0 Å². The molecule has 0 spiro atoms. The highest BCUT2D eigenvalue weighted by molar-refractivity contribution is 5.03. The summed E-state index contributed by atoms with van der Waals surface area (Å²) in [7, 11) is 0. The standard InChI is InChI=1S/C8H12F2N2/c1-6(2)12-5-8(9,10)3-7(12)4-11/h6-7H,3,5H2,1-2H3. The number of nitrogens with zero attached hydrogens (tertiary/aromatic N) is 2. The average Bonchev–Trinajstić information content (AvgIpc) is 2.25. The summed E-state index contributed by atoms with van der Waals surface area (Å²) in [6.07, 6.45) is -0.318. The first-order valence-corrected chi connectivity index (χ1v) is 3.99. The van der Waals surface area contributed by atoms with Gasteiger partial charge in [0.2, 0.25) is 0 Å². The average molecular weight is 174 g/mol. The first-order valence-electron chi connectivity index (χ1n) is 3.99. The number of alkyl halides is 2. The van der Waals surface area contributed by atoms with Crippen LogP contribution in [-0.2, 0) is 0 Å². The SMILES string of the molecule is CC(C)N1CC(F)(F)CC1C#N. The first kappa shape index (κ1) is 9.40. The fraction of sp³-hybridized carbons (Fsp3) is 0.875. The quantitative estimate of drug-likeness (QED) is 0.604. The highest BCUT2D eigenvalue weighted by Crippen LogP contribution is 2.32. The van der Waals surface area contributed by atoms with Crippen LogP contribution in [0.1, 0.15) is 20.3 Å². The number of nitriles is 1. The van der Waals surface area contributed by atoms with E-state index in [2.05, 4.69) is 0 Å². The van der Waals surface area contributed by atoms with E-state index in [9.17, 15) is 8.78 Å². The molecule has 1 unspecified atom stereocenters. The van der Waals surface area contributed by atoms with Crippen molar-refractivity contribution in [3.8, 4) is 6.07 Å². The van der Waals surface area contributed by atoms with Crippen molar-refractivity contribution in [1.82, 2.24) is 4.90 Å². The molecule has 4 heteroatoms. The predicted molar refractivity (Wildman–Crippen MR) is 40.8 cm³/mol. The van der Waals surface area contributed by atoms with Crippen LogP contribution in [0.15, 0.2) is 0 Å². The normalized spacial score (nSPS) is 29.2. The first-order chi connectivity index (χ1) is 5.46. The summed E-state index contributed by atoms with van der Waals surface area (Å²) < 4.78 is 25.6. The lowest BCUT2D eigenvalue weighted by Crippen LogP contribution is -2.35. The molecule has 1 saturated heterocycles. The molecule has 1 fully saturated rings. The second-order valence-electron chi connectivity index (χ2n) is 3.47. The van der Waals surface area contributed by atoms with Crippen LogP contribution in [0.3, 0.4) is 0 Å². The summed E-state index contributed by atoms with van der Waals surface area (Å²) in [4.78, 5) is 1.54. The van der Waals surface area contributed by atoms with Gasteiger partial charge in [-0.25, -0.2) is 8.78 Å². The van der Waals surface area contributed by atoms with Gasteiger partial charge in [0.25, 0.3) is 5.92 Å². The molecule has 1 rings (SSSR count). The predicted octanol–water partition coefficient (Wildman–Crippen LogP) is 1.63. The molecule has 0 aromatic rings. The van der Waals surface area contributed by atoms with Crippen LogP contribution in [0, 0.1) is 11.3 Å². The Kier molecular flexibility index (Phi) is 2.34. The van der Waals surface area contributed by atoms with Crippen LogP contribution in [-0.4, -0.2) is 29.5 Å². The van der Waals surface area contributed by atoms with E-state index in [-0.39, 0.29) is 19.0 Å². The van der Waals surface area contributed by atoms with E-state index in [1.807, 2.05) is 19.9 Å². The third-order valence-electron chi connectivity index (χ3n) is 2.12. The molecule has 1 atom stereocenters. The summed E-state index contributed by atoms with van der Waals surface area (Å²) in [6, 6.07) is 1.30. The zero-order valence-corrected chi connectivity index (χ0v) is 7.22. The number of rotatable bonds is 1. The van der Waals surface area contributed by atoms with Crippen molar-refractivity contribution in [2.24, 2.45) is 0 Å². The molecule has 2 nitrogen and oxygen atoms in total. The Labute approximate surface area is 70.8 Å². The molecular formula is C8H12F2N2. The van der Waals surface area contributed by atoms with E-state index in [1.54, 1.807) is 4.90 Å². The summed E-state index contributed by atoms with van der Waals surface area (Å²) >= 11 is 0. The number of likely N-dealkylation sites (tertiary alicyclic amines) is 1. The molecule has 0 saturated carbocycles. The second kappa shape index (κ2) is 2.98. The Bertz CT molecular complexity index is 208. The third-order valence-corrected chi connectivity index (χ3v) is 2.12. The van der Waals surface area contributed by atoms with E-state index in [4.69, 9.17) is 5.26 Å². The highest BCUT2D eigenvalue weighted by atomic mass is 19.3. The summed E-state index contributed by atoms with van der Waals surface area (Å²) in [5.74, 6) is -2.68. The summed E-state index contributed by atoms with van der Waals surface area (Å²) in [5.41, 5.74) is 0. The molecule has 0 N–H and O–H groups in total. The molecule has 68 valence electrons. The van der Waals surface area contributed by atoms with Gasteiger partial charge in [-0.15, -0.1) is 0 Å². The Morgan fingerprint density at radius 3 is 2.50 bits per heavy atom. The Hall–Kier alpha value is -0.690. The zero-order valence-electron chi connectivity index (χ0n) is 7.22. The van der Waals surface area contributed by atoms with Gasteiger partial charge >= 0.3 is 0 Å². The van der Waals surface area contributed by atoms with E-state index in [0.717, 1.165) is 0 Å². The molecule has 1 heterocycles. The molecule has 0 bridgehead atoms. The van der Waals surface area contributed by atoms with Crippen molar-refractivity contribution in [2.75, 3.05) is 6.54 Å². The van der Waals surface area contributed by atoms with Crippen molar-refractivity contribution >= 4 is 0 Å². The fourth-order valence-electron chi connectivity index (χ4n) is 1.50. The van der Waals surface area contributed by atoms with Crippen molar-refractivity contribution in [2.45, 2.75) is 38.3 Å². The Balaban J connectivity index is 2.71. The largest absolute Gasteiger partial charge is 0.279 e. The highest BCUT2D eigenvalue weighted by Gasteiger charge is 2.45. The van der Waals surface area contributed by atoms with Crippen molar-refractivity contribution in [3.05, 3.63) is 0 Å². The van der Waals surface area contributed by atoms with Gasteiger partial charge < -0.3 is 0 Å². The fourth-order valence-corrected chi connectivity index (χ4v) is 1.50. The van der Waals surface area contributed by atoms with Gasteiger partial charge in [-0.2, -0.15) is 5.26 Å². The maximum atomic E-state index is 12.8. The van der Waals surface area contributed by atoms with E-state index >= 15 is 0 Å². The summed E-state index contributed by atoms with van der Waals surface area (Å²) in [6.45, 7) is 3.38. The minimum absolute atomic E-state index is 0.0167. The number of hydrogen-bond acceptors (Lipinski definition) is 2. The summed E-state index contributed by atoms with van der Waals surface area (Å²) in [5, 5.41) is 8.59. The van der Waals surface area contributed by atoms with Crippen LogP contribution in [0.2, 0.25) is 0 Å². The minimum atomic E-state index is -2.68. The van der Waals surface area contributed by atoms with Gasteiger partial charge in [-0.3, -0.25) is 4.90 Å². The van der Waals surface area contributed by atoms with Gasteiger partial charge in [0.1, 0.15) is 6.04 Å². The van der Waals surface area contributed by atoms with Crippen LogP contribution in [0.4, 0.5) is 8.78 Å². The lowest BCUT2D eigenvalue weighted by molar-refractivity contribution is 0.00919. The molecule has 0 aromatic heterocycles. The maximum absolute atomic E-state index is 12.8. The molecule has 12 heavy (non-hydrogen) atoms. The molecule has 1 aliphatic heterocycles. The minimum Gasteiger partial charge on any atom is -0.279 e. The van der Waals surface area contributed by atoms with Gasteiger partial charge in [0.05, 0.1) is 12.6 Å². The number of hydrogen-bond donors (Lipinski definition) is 0. The maximum Gasteiger partial charge on any atom is 0.263 e.